The fraction of sp³-hybridized carbons (Fsp3) is 0.364. The number of carbonyl (C=O) groups excluding carboxylic acids is 1. The second-order valence-corrected chi connectivity index (χ2v) is 8.63. The van der Waals surface area contributed by atoms with Gasteiger partial charge in [0.15, 0.2) is 5.13 Å². The van der Waals surface area contributed by atoms with E-state index < -0.39 is 0 Å². The van der Waals surface area contributed by atoms with Crippen LogP contribution in [0.3, 0.4) is 0 Å². The molecule has 1 aliphatic rings. The minimum Gasteiger partial charge on any atom is -0.347 e. The number of piperidine rings is 1. The molecule has 3 aromatic rings. The summed E-state index contributed by atoms with van der Waals surface area (Å²) in [4.78, 5) is 19.9. The van der Waals surface area contributed by atoms with Gasteiger partial charge in [-0.15, -0.1) is 0 Å². The lowest BCUT2D eigenvalue weighted by Gasteiger charge is -2.31. The Morgan fingerprint density at radius 3 is 2.67 bits per heavy atom. The van der Waals surface area contributed by atoms with Crippen LogP contribution in [-0.2, 0) is 4.79 Å². The third-order valence-electron chi connectivity index (χ3n) is 5.08. The van der Waals surface area contributed by atoms with Gasteiger partial charge in [0.25, 0.3) is 0 Å². The molecule has 5 heteroatoms. The summed E-state index contributed by atoms with van der Waals surface area (Å²) >= 11 is 1.72. The maximum absolute atomic E-state index is 12.8. The van der Waals surface area contributed by atoms with Crippen molar-refractivity contribution in [3.05, 3.63) is 53.1 Å². The van der Waals surface area contributed by atoms with E-state index in [1.807, 2.05) is 12.1 Å². The highest BCUT2D eigenvalue weighted by Gasteiger charge is 2.27. The summed E-state index contributed by atoms with van der Waals surface area (Å²) in [6.45, 7) is 7.91. The molecule has 1 N–H and O–H groups in total. The van der Waals surface area contributed by atoms with Crippen molar-refractivity contribution in [2.75, 3.05) is 23.3 Å². The Kier molecular flexibility index (Phi) is 4.87. The number of anilines is 2. The van der Waals surface area contributed by atoms with Gasteiger partial charge in [0.1, 0.15) is 0 Å². The number of nitrogens with zero attached hydrogens (tertiary/aromatic N) is 2. The summed E-state index contributed by atoms with van der Waals surface area (Å²) in [7, 11) is 0. The minimum atomic E-state index is -0.00619. The minimum absolute atomic E-state index is 0.00619. The zero-order valence-corrected chi connectivity index (χ0v) is 16.9. The van der Waals surface area contributed by atoms with Gasteiger partial charge in [-0.3, -0.25) is 4.79 Å². The van der Waals surface area contributed by atoms with E-state index in [-0.39, 0.29) is 11.8 Å². The molecule has 0 radical (unpaired) electrons. The number of aromatic nitrogens is 1. The Morgan fingerprint density at radius 2 is 1.89 bits per heavy atom. The summed E-state index contributed by atoms with van der Waals surface area (Å²) in [5.41, 5.74) is 5.52. The van der Waals surface area contributed by atoms with Gasteiger partial charge >= 0.3 is 0 Å². The van der Waals surface area contributed by atoms with Gasteiger partial charge < -0.3 is 10.2 Å². The number of hydrogen-bond acceptors (Lipinski definition) is 4. The van der Waals surface area contributed by atoms with E-state index in [0.29, 0.717) is 0 Å². The number of rotatable bonds is 3. The molecule has 2 aromatic carbocycles. The van der Waals surface area contributed by atoms with Crippen molar-refractivity contribution in [1.29, 1.82) is 0 Å². The second-order valence-electron chi connectivity index (χ2n) is 7.62. The highest BCUT2D eigenvalue weighted by molar-refractivity contribution is 7.22. The van der Waals surface area contributed by atoms with Crippen molar-refractivity contribution in [3.63, 3.8) is 0 Å². The molecular weight excluding hydrogens is 354 g/mol. The highest BCUT2D eigenvalue weighted by Crippen LogP contribution is 2.32. The van der Waals surface area contributed by atoms with Crippen LogP contribution in [0.4, 0.5) is 10.8 Å². The van der Waals surface area contributed by atoms with Crippen molar-refractivity contribution in [2.45, 2.75) is 33.6 Å². The first-order valence-corrected chi connectivity index (χ1v) is 10.3. The zero-order chi connectivity index (χ0) is 19.0. The summed E-state index contributed by atoms with van der Waals surface area (Å²) in [6.07, 6.45) is 1.94. The van der Waals surface area contributed by atoms with Crippen molar-refractivity contribution in [3.8, 4) is 0 Å². The number of aryl methyl sites for hydroxylation is 3. The summed E-state index contributed by atoms with van der Waals surface area (Å²) in [5, 5.41) is 4.14. The normalized spacial score (nSPS) is 17.3. The molecule has 0 aliphatic carbocycles. The molecule has 4 rings (SSSR count). The Hall–Kier alpha value is -2.40. The molecule has 1 aliphatic heterocycles. The van der Waals surface area contributed by atoms with Gasteiger partial charge in [0, 0.05) is 18.8 Å². The lowest BCUT2D eigenvalue weighted by Crippen LogP contribution is -2.40. The summed E-state index contributed by atoms with van der Waals surface area (Å²) in [6, 6.07) is 12.5. The van der Waals surface area contributed by atoms with Gasteiger partial charge in [-0.25, -0.2) is 4.98 Å². The maximum Gasteiger partial charge on any atom is 0.229 e. The number of nitrogens with one attached hydrogen (secondary N) is 1. The van der Waals surface area contributed by atoms with Crippen LogP contribution in [0.15, 0.2) is 36.4 Å². The predicted octanol–water partition coefficient (Wildman–Crippen LogP) is 5.08. The van der Waals surface area contributed by atoms with E-state index in [9.17, 15) is 4.79 Å². The Morgan fingerprint density at radius 1 is 1.11 bits per heavy atom. The molecule has 1 amide bonds. The molecule has 2 heterocycles. The molecule has 1 fully saturated rings. The average Bonchev–Trinajstić information content (AvgIpc) is 3.04. The molecule has 0 spiro atoms. The average molecular weight is 380 g/mol. The van der Waals surface area contributed by atoms with Crippen LogP contribution >= 0.6 is 11.3 Å². The molecule has 0 bridgehead atoms. The van der Waals surface area contributed by atoms with E-state index in [0.717, 1.165) is 42.3 Å². The van der Waals surface area contributed by atoms with E-state index in [1.54, 1.807) is 11.3 Å². The van der Waals surface area contributed by atoms with E-state index >= 15 is 0 Å². The molecule has 1 atom stereocenters. The number of amides is 1. The molecule has 1 unspecified atom stereocenters. The Balaban J connectivity index is 1.48. The highest BCUT2D eigenvalue weighted by atomic mass is 32.1. The molecule has 0 saturated carbocycles. The van der Waals surface area contributed by atoms with Gasteiger partial charge in [0.05, 0.1) is 16.1 Å². The van der Waals surface area contributed by atoms with Gasteiger partial charge in [-0.2, -0.15) is 0 Å². The van der Waals surface area contributed by atoms with Crippen molar-refractivity contribution >= 4 is 38.3 Å². The van der Waals surface area contributed by atoms with Crippen molar-refractivity contribution in [1.82, 2.24) is 4.98 Å². The van der Waals surface area contributed by atoms with Crippen LogP contribution in [0.1, 0.15) is 29.5 Å². The smallest absolute Gasteiger partial charge is 0.229 e. The number of hydrogen-bond donors (Lipinski definition) is 1. The first-order valence-electron chi connectivity index (χ1n) is 9.49. The second kappa shape index (κ2) is 7.31. The number of thiazole rings is 1. The largest absolute Gasteiger partial charge is 0.347 e. The number of carbonyl (C=O) groups is 1. The predicted molar refractivity (Wildman–Crippen MR) is 114 cm³/mol. The Labute approximate surface area is 164 Å². The maximum atomic E-state index is 12.8. The van der Waals surface area contributed by atoms with Gasteiger partial charge in [-0.1, -0.05) is 23.5 Å². The van der Waals surface area contributed by atoms with Crippen LogP contribution in [0, 0.1) is 26.7 Å². The van der Waals surface area contributed by atoms with E-state index in [1.165, 1.54) is 21.4 Å². The van der Waals surface area contributed by atoms with Crippen LogP contribution in [-0.4, -0.2) is 24.0 Å². The monoisotopic (exact) mass is 379 g/mol. The van der Waals surface area contributed by atoms with Gasteiger partial charge in [0.2, 0.25) is 5.91 Å². The zero-order valence-electron chi connectivity index (χ0n) is 16.1. The van der Waals surface area contributed by atoms with Gasteiger partial charge in [-0.05, 0) is 74.6 Å². The van der Waals surface area contributed by atoms with E-state index in [2.05, 4.69) is 55.3 Å². The third-order valence-corrected chi connectivity index (χ3v) is 6.16. The summed E-state index contributed by atoms with van der Waals surface area (Å²) < 4.78 is 1.21. The van der Waals surface area contributed by atoms with Crippen LogP contribution in [0.25, 0.3) is 10.2 Å². The standard InChI is InChI=1S/C22H25N3OS/c1-14-6-7-19-20(12-14)27-22(24-19)25-8-4-5-17(13-25)21(26)23-18-10-15(2)9-16(3)11-18/h6-7,9-12,17H,4-5,8,13H2,1-3H3,(H,23,26). The molecule has 1 saturated heterocycles. The SMILES string of the molecule is Cc1cc(C)cc(NC(=O)C2CCCN(c3nc4ccc(C)cc4s3)C2)c1. The van der Waals surface area contributed by atoms with E-state index in [4.69, 9.17) is 4.98 Å². The topological polar surface area (TPSA) is 45.2 Å². The van der Waals surface area contributed by atoms with Crippen molar-refractivity contribution in [2.24, 2.45) is 5.92 Å². The fourth-order valence-corrected chi connectivity index (χ4v) is 4.91. The lowest BCUT2D eigenvalue weighted by molar-refractivity contribution is -0.120. The van der Waals surface area contributed by atoms with Crippen molar-refractivity contribution < 1.29 is 4.79 Å². The molecule has 27 heavy (non-hydrogen) atoms. The van der Waals surface area contributed by atoms with Crippen LogP contribution in [0.5, 0.6) is 0 Å². The molecular formula is C22H25N3OS. The number of benzene rings is 2. The number of fused-ring (bicyclic) bond motifs is 1. The van der Waals surface area contributed by atoms with Crippen LogP contribution < -0.4 is 10.2 Å². The first-order chi connectivity index (χ1) is 13.0. The van der Waals surface area contributed by atoms with Crippen LogP contribution in [0.2, 0.25) is 0 Å². The first kappa shape index (κ1) is 18.0. The quantitative estimate of drug-likeness (QED) is 0.690. The lowest BCUT2D eigenvalue weighted by atomic mass is 9.97. The summed E-state index contributed by atoms with van der Waals surface area (Å²) in [5.74, 6) is 0.106. The molecule has 1 aromatic heterocycles. The fourth-order valence-electron chi connectivity index (χ4n) is 3.81. The Bertz CT molecular complexity index is 974. The third kappa shape index (κ3) is 3.98. The molecule has 140 valence electrons. The molecule has 4 nitrogen and oxygen atoms in total.